The molecule has 84 valence electrons. The summed E-state index contributed by atoms with van der Waals surface area (Å²) in [5.74, 6) is 0.388. The highest BCUT2D eigenvalue weighted by Gasteiger charge is 2.41. The molecule has 1 aliphatic rings. The number of ether oxygens (including phenoxy) is 3. The largest absolute Gasteiger partial charge is 0.378 e. The molecule has 14 heavy (non-hydrogen) atoms. The van der Waals surface area contributed by atoms with Gasteiger partial charge in [-0.05, 0) is 13.3 Å². The molecule has 0 radical (unpaired) electrons. The highest BCUT2D eigenvalue weighted by Crippen LogP contribution is 2.30. The van der Waals surface area contributed by atoms with Gasteiger partial charge in [-0.1, -0.05) is 13.8 Å². The highest BCUT2D eigenvalue weighted by atomic mass is 16.6. The first kappa shape index (κ1) is 12.0. The van der Waals surface area contributed by atoms with Crippen molar-refractivity contribution in [3.8, 4) is 0 Å². The highest BCUT2D eigenvalue weighted by molar-refractivity contribution is 4.89. The van der Waals surface area contributed by atoms with Gasteiger partial charge in [-0.3, -0.25) is 0 Å². The Balaban J connectivity index is 2.72. The van der Waals surface area contributed by atoms with Crippen LogP contribution in [0.4, 0.5) is 0 Å². The summed E-state index contributed by atoms with van der Waals surface area (Å²) in [6.45, 7) is 6.37. The van der Waals surface area contributed by atoms with Crippen LogP contribution in [0, 0.1) is 5.92 Å². The molecule has 1 fully saturated rings. The molecule has 0 saturated carbocycles. The molecule has 1 rings (SSSR count). The summed E-state index contributed by atoms with van der Waals surface area (Å²) in [7, 11) is 3.48. The minimum Gasteiger partial charge on any atom is -0.378 e. The molecule has 1 saturated heterocycles. The second-order valence-electron chi connectivity index (χ2n) is 4.05. The van der Waals surface area contributed by atoms with E-state index >= 15 is 0 Å². The number of hydrogen-bond acceptors (Lipinski definition) is 3. The zero-order valence-corrected chi connectivity index (χ0v) is 9.82. The Morgan fingerprint density at radius 2 is 1.64 bits per heavy atom. The number of rotatable bonds is 3. The fourth-order valence-electron chi connectivity index (χ4n) is 2.48. The molecule has 5 atom stereocenters. The molecule has 0 aromatic heterocycles. The van der Waals surface area contributed by atoms with Crippen LogP contribution in [-0.2, 0) is 14.2 Å². The van der Waals surface area contributed by atoms with E-state index in [2.05, 4.69) is 20.8 Å². The third-order valence-corrected chi connectivity index (χ3v) is 3.20. The fourth-order valence-corrected chi connectivity index (χ4v) is 2.48. The van der Waals surface area contributed by atoms with Crippen LogP contribution in [0.25, 0.3) is 0 Å². The Bertz CT molecular complexity index is 172. The van der Waals surface area contributed by atoms with E-state index in [1.54, 1.807) is 14.2 Å². The zero-order valence-electron chi connectivity index (χ0n) is 9.82. The number of hydrogen-bond donors (Lipinski definition) is 0. The molecule has 0 aromatic carbocycles. The first-order valence-electron chi connectivity index (χ1n) is 5.36. The first-order valence-corrected chi connectivity index (χ1v) is 5.36. The summed E-state index contributed by atoms with van der Waals surface area (Å²) >= 11 is 0. The molecule has 0 N–H and O–H groups in total. The second kappa shape index (κ2) is 5.10. The zero-order chi connectivity index (χ0) is 10.7. The third kappa shape index (κ3) is 2.10. The van der Waals surface area contributed by atoms with Crippen LogP contribution in [0.15, 0.2) is 0 Å². The molecule has 0 amide bonds. The van der Waals surface area contributed by atoms with Crippen LogP contribution in [0.5, 0.6) is 0 Å². The SMILES string of the molecule is CC[C@H]1O[C@H](C)C(OC)C(C)[C@@H]1OC. The van der Waals surface area contributed by atoms with Gasteiger partial charge >= 0.3 is 0 Å². The molecule has 0 spiro atoms. The van der Waals surface area contributed by atoms with Crippen LogP contribution < -0.4 is 0 Å². The molecule has 0 bridgehead atoms. The predicted octanol–water partition coefficient (Wildman–Crippen LogP) is 1.85. The molecule has 3 nitrogen and oxygen atoms in total. The van der Waals surface area contributed by atoms with Gasteiger partial charge in [-0.2, -0.15) is 0 Å². The van der Waals surface area contributed by atoms with Gasteiger partial charge in [0.2, 0.25) is 0 Å². The first-order chi connectivity index (χ1) is 6.65. The van der Waals surface area contributed by atoms with E-state index in [-0.39, 0.29) is 24.4 Å². The van der Waals surface area contributed by atoms with Crippen molar-refractivity contribution in [1.29, 1.82) is 0 Å². The van der Waals surface area contributed by atoms with Crippen molar-refractivity contribution in [2.75, 3.05) is 14.2 Å². The van der Waals surface area contributed by atoms with Gasteiger partial charge in [-0.25, -0.2) is 0 Å². The van der Waals surface area contributed by atoms with Crippen molar-refractivity contribution in [3.63, 3.8) is 0 Å². The summed E-state index contributed by atoms with van der Waals surface area (Å²) in [5, 5.41) is 0. The number of methoxy groups -OCH3 is 2. The van der Waals surface area contributed by atoms with Crippen molar-refractivity contribution in [2.45, 2.75) is 51.6 Å². The van der Waals surface area contributed by atoms with Gasteiger partial charge in [0, 0.05) is 20.1 Å². The minimum absolute atomic E-state index is 0.141. The van der Waals surface area contributed by atoms with E-state index in [4.69, 9.17) is 14.2 Å². The molecular weight excluding hydrogens is 180 g/mol. The van der Waals surface area contributed by atoms with E-state index in [9.17, 15) is 0 Å². The molecule has 0 aliphatic carbocycles. The lowest BCUT2D eigenvalue weighted by Crippen LogP contribution is -2.53. The molecule has 1 heterocycles. The van der Waals surface area contributed by atoms with Crippen LogP contribution in [-0.4, -0.2) is 38.6 Å². The van der Waals surface area contributed by atoms with Crippen molar-refractivity contribution in [1.82, 2.24) is 0 Å². The molecule has 3 heteroatoms. The smallest absolute Gasteiger partial charge is 0.0884 e. The van der Waals surface area contributed by atoms with Crippen molar-refractivity contribution in [3.05, 3.63) is 0 Å². The second-order valence-corrected chi connectivity index (χ2v) is 4.05. The maximum Gasteiger partial charge on any atom is 0.0884 e. The lowest BCUT2D eigenvalue weighted by Gasteiger charge is -2.43. The summed E-state index contributed by atoms with van der Waals surface area (Å²) in [6, 6.07) is 0. The van der Waals surface area contributed by atoms with Crippen LogP contribution >= 0.6 is 0 Å². The Labute approximate surface area is 86.7 Å². The molecular formula is C11H22O3. The molecule has 1 aliphatic heterocycles. The summed E-state index contributed by atoms with van der Waals surface area (Å²) < 4.78 is 16.8. The minimum atomic E-state index is 0.141. The fraction of sp³-hybridized carbons (Fsp3) is 1.00. The Morgan fingerprint density at radius 3 is 2.07 bits per heavy atom. The summed E-state index contributed by atoms with van der Waals surface area (Å²) in [4.78, 5) is 0. The standard InChI is InChI=1S/C11H22O3/c1-6-9-11(13-5)7(2)10(12-4)8(3)14-9/h7-11H,6H2,1-5H3/t7?,8-,9-,10?,11+/m1/s1. The normalized spacial score (nSPS) is 43.9. The van der Waals surface area contributed by atoms with Gasteiger partial charge in [-0.15, -0.1) is 0 Å². The van der Waals surface area contributed by atoms with Crippen molar-refractivity contribution < 1.29 is 14.2 Å². The predicted molar refractivity (Wildman–Crippen MR) is 55.4 cm³/mol. The van der Waals surface area contributed by atoms with Gasteiger partial charge in [0.25, 0.3) is 0 Å². The van der Waals surface area contributed by atoms with Crippen LogP contribution in [0.3, 0.4) is 0 Å². The average Bonchev–Trinajstić information content (AvgIpc) is 2.17. The van der Waals surface area contributed by atoms with E-state index in [0.717, 1.165) is 6.42 Å². The monoisotopic (exact) mass is 202 g/mol. The third-order valence-electron chi connectivity index (χ3n) is 3.20. The lowest BCUT2D eigenvalue weighted by atomic mass is 9.87. The quantitative estimate of drug-likeness (QED) is 0.699. The average molecular weight is 202 g/mol. The van der Waals surface area contributed by atoms with E-state index in [0.29, 0.717) is 5.92 Å². The lowest BCUT2D eigenvalue weighted by molar-refractivity contribution is -0.206. The van der Waals surface area contributed by atoms with Gasteiger partial charge < -0.3 is 14.2 Å². The topological polar surface area (TPSA) is 27.7 Å². The van der Waals surface area contributed by atoms with Gasteiger partial charge in [0.05, 0.1) is 24.4 Å². The maximum absolute atomic E-state index is 5.86. The summed E-state index contributed by atoms with van der Waals surface area (Å²) in [6.07, 6.45) is 1.65. The Hall–Kier alpha value is -0.120. The van der Waals surface area contributed by atoms with Gasteiger partial charge in [0.15, 0.2) is 0 Å². The van der Waals surface area contributed by atoms with E-state index < -0.39 is 0 Å². The van der Waals surface area contributed by atoms with Crippen LogP contribution in [0.1, 0.15) is 27.2 Å². The molecule has 2 unspecified atom stereocenters. The Morgan fingerprint density at radius 1 is 1.07 bits per heavy atom. The molecule has 0 aromatic rings. The summed E-state index contributed by atoms with van der Waals surface area (Å²) in [5.41, 5.74) is 0. The maximum atomic E-state index is 5.86. The van der Waals surface area contributed by atoms with Crippen molar-refractivity contribution >= 4 is 0 Å². The van der Waals surface area contributed by atoms with Gasteiger partial charge in [0.1, 0.15) is 0 Å². The Kier molecular flexibility index (Phi) is 4.35. The van der Waals surface area contributed by atoms with E-state index in [1.807, 2.05) is 0 Å². The van der Waals surface area contributed by atoms with Crippen molar-refractivity contribution in [2.24, 2.45) is 5.92 Å². The van der Waals surface area contributed by atoms with E-state index in [1.165, 1.54) is 0 Å². The van der Waals surface area contributed by atoms with Crippen LogP contribution in [0.2, 0.25) is 0 Å².